The van der Waals surface area contributed by atoms with Gasteiger partial charge in [0.1, 0.15) is 5.75 Å². The molecule has 0 radical (unpaired) electrons. The smallest absolute Gasteiger partial charge is 0.410 e. The second-order valence-electron chi connectivity index (χ2n) is 11.1. The normalized spacial score (nSPS) is 20.7. The summed E-state index contributed by atoms with van der Waals surface area (Å²) in [7, 11) is 0. The first-order valence-electron chi connectivity index (χ1n) is 13.4. The van der Waals surface area contributed by atoms with Gasteiger partial charge in [0, 0.05) is 24.4 Å². The van der Waals surface area contributed by atoms with E-state index in [0.717, 1.165) is 37.9 Å². The first-order valence-corrected chi connectivity index (χ1v) is 13.4. The molecule has 0 spiro atoms. The predicted molar refractivity (Wildman–Crippen MR) is 146 cm³/mol. The number of hydrogen-bond donors (Lipinski definition) is 3. The monoisotopic (exact) mass is 509 g/mol. The lowest BCUT2D eigenvalue weighted by Crippen LogP contribution is -2.49. The SMILES string of the molecule is CC(C)CC(CN)CC(=O)NC(=O)Oc1ccc(C(O)C(C)N2CCCC(C)(c3ccccc3)C2)cc1. The molecule has 4 N–H and O–H groups in total. The van der Waals surface area contributed by atoms with Crippen LogP contribution in [0.25, 0.3) is 0 Å². The molecule has 0 bridgehead atoms. The molecular weight excluding hydrogens is 466 g/mol. The highest BCUT2D eigenvalue weighted by molar-refractivity contribution is 5.92. The average Bonchev–Trinajstić information content (AvgIpc) is 2.88. The molecule has 0 aliphatic carbocycles. The number of nitrogens with zero attached hydrogens (tertiary/aromatic N) is 1. The van der Waals surface area contributed by atoms with E-state index in [1.54, 1.807) is 24.3 Å². The Bertz CT molecular complexity index is 1010. The summed E-state index contributed by atoms with van der Waals surface area (Å²) in [5.74, 6) is 0.362. The van der Waals surface area contributed by atoms with Crippen LogP contribution in [0, 0.1) is 11.8 Å². The number of carbonyl (C=O) groups is 2. The van der Waals surface area contributed by atoms with Crippen LogP contribution in [0.5, 0.6) is 5.75 Å². The van der Waals surface area contributed by atoms with E-state index >= 15 is 0 Å². The zero-order valence-corrected chi connectivity index (χ0v) is 22.7. The Morgan fingerprint density at radius 3 is 2.41 bits per heavy atom. The van der Waals surface area contributed by atoms with Crippen LogP contribution >= 0.6 is 0 Å². The van der Waals surface area contributed by atoms with Crippen LogP contribution in [0.4, 0.5) is 4.79 Å². The van der Waals surface area contributed by atoms with Crippen molar-refractivity contribution in [3.8, 4) is 5.75 Å². The van der Waals surface area contributed by atoms with Crippen LogP contribution < -0.4 is 15.8 Å². The van der Waals surface area contributed by atoms with E-state index in [4.69, 9.17) is 10.5 Å². The van der Waals surface area contributed by atoms with E-state index in [2.05, 4.69) is 62.2 Å². The zero-order chi connectivity index (χ0) is 27.0. The summed E-state index contributed by atoms with van der Waals surface area (Å²) in [6.45, 7) is 10.7. The van der Waals surface area contributed by atoms with E-state index in [1.807, 2.05) is 6.07 Å². The zero-order valence-electron chi connectivity index (χ0n) is 22.7. The summed E-state index contributed by atoms with van der Waals surface area (Å²) in [5, 5.41) is 13.4. The van der Waals surface area contributed by atoms with Gasteiger partial charge in [-0.2, -0.15) is 0 Å². The number of likely N-dealkylation sites (tertiary alicyclic amines) is 1. The summed E-state index contributed by atoms with van der Waals surface area (Å²) >= 11 is 0. The van der Waals surface area contributed by atoms with Crippen molar-refractivity contribution in [2.75, 3.05) is 19.6 Å². The van der Waals surface area contributed by atoms with Crippen molar-refractivity contribution in [2.45, 2.75) is 70.9 Å². The van der Waals surface area contributed by atoms with Gasteiger partial charge in [-0.25, -0.2) is 4.79 Å². The quantitative estimate of drug-likeness (QED) is 0.425. The lowest BCUT2D eigenvalue weighted by atomic mass is 9.75. The lowest BCUT2D eigenvalue weighted by molar-refractivity contribution is -0.121. The molecule has 3 rings (SSSR count). The number of ether oxygens (including phenoxy) is 1. The number of hydrogen-bond acceptors (Lipinski definition) is 6. The van der Waals surface area contributed by atoms with E-state index < -0.39 is 18.1 Å². The molecule has 0 saturated carbocycles. The highest BCUT2D eigenvalue weighted by Gasteiger charge is 2.36. The first kappa shape index (κ1) is 28.8. The van der Waals surface area contributed by atoms with Gasteiger partial charge in [-0.3, -0.25) is 15.0 Å². The van der Waals surface area contributed by atoms with Crippen molar-refractivity contribution in [3.63, 3.8) is 0 Å². The molecular formula is C30H43N3O4. The van der Waals surface area contributed by atoms with Crippen LogP contribution in [0.3, 0.4) is 0 Å². The Balaban J connectivity index is 1.54. The number of benzene rings is 2. The number of rotatable bonds is 10. The summed E-state index contributed by atoms with van der Waals surface area (Å²) in [6.07, 6.45) is 1.71. The van der Waals surface area contributed by atoms with Gasteiger partial charge in [0.2, 0.25) is 5.91 Å². The lowest BCUT2D eigenvalue weighted by Gasteiger charge is -2.44. The fourth-order valence-corrected chi connectivity index (χ4v) is 5.40. The van der Waals surface area contributed by atoms with Gasteiger partial charge >= 0.3 is 6.09 Å². The number of imide groups is 1. The minimum absolute atomic E-state index is 0.0287. The molecule has 4 atom stereocenters. The molecule has 202 valence electrons. The van der Waals surface area contributed by atoms with Gasteiger partial charge in [0.15, 0.2) is 0 Å². The van der Waals surface area contributed by atoms with Crippen LogP contribution in [0.1, 0.15) is 70.6 Å². The van der Waals surface area contributed by atoms with E-state index in [0.29, 0.717) is 18.2 Å². The van der Waals surface area contributed by atoms with Crippen molar-refractivity contribution < 1.29 is 19.4 Å². The predicted octanol–water partition coefficient (Wildman–Crippen LogP) is 4.79. The third kappa shape index (κ3) is 8.12. The molecule has 7 nitrogen and oxygen atoms in total. The number of carbonyl (C=O) groups excluding carboxylic acids is 2. The minimum atomic E-state index is -0.819. The number of piperidine rings is 1. The van der Waals surface area contributed by atoms with Gasteiger partial charge in [-0.15, -0.1) is 0 Å². The molecule has 0 aromatic heterocycles. The highest BCUT2D eigenvalue weighted by Crippen LogP contribution is 2.36. The molecule has 1 saturated heterocycles. The molecule has 1 aliphatic heterocycles. The Hall–Kier alpha value is -2.74. The first-order chi connectivity index (χ1) is 17.6. The Morgan fingerprint density at radius 2 is 1.78 bits per heavy atom. The fraction of sp³-hybridized carbons (Fsp3) is 0.533. The molecule has 37 heavy (non-hydrogen) atoms. The largest absolute Gasteiger partial charge is 0.419 e. The van der Waals surface area contributed by atoms with Crippen molar-refractivity contribution in [1.29, 1.82) is 0 Å². The molecule has 4 unspecified atom stereocenters. The number of nitrogens with two attached hydrogens (primary N) is 1. The standard InChI is InChI=1S/C30H43N3O4/c1-21(2)17-23(19-31)18-27(34)32-29(36)37-26-13-11-24(12-14-26)28(35)22(3)33-16-8-15-30(4,20-33)25-9-6-5-7-10-25/h5-7,9-14,21-23,28,35H,8,15-20,31H2,1-4H3,(H,32,34,36). The second-order valence-corrected chi connectivity index (χ2v) is 11.1. The highest BCUT2D eigenvalue weighted by atomic mass is 16.6. The number of aliphatic hydroxyl groups excluding tert-OH is 1. The van der Waals surface area contributed by atoms with E-state index in [1.165, 1.54) is 5.56 Å². The second kappa shape index (κ2) is 13.2. The maximum Gasteiger partial charge on any atom is 0.419 e. The van der Waals surface area contributed by atoms with Gasteiger partial charge in [-0.05, 0) is 74.4 Å². The molecule has 2 aromatic carbocycles. The van der Waals surface area contributed by atoms with Crippen LogP contribution in [-0.2, 0) is 10.2 Å². The van der Waals surface area contributed by atoms with Crippen LogP contribution in [-0.4, -0.2) is 47.7 Å². The van der Waals surface area contributed by atoms with Crippen molar-refractivity contribution in [1.82, 2.24) is 10.2 Å². The summed E-state index contributed by atoms with van der Waals surface area (Å²) < 4.78 is 5.27. The van der Waals surface area contributed by atoms with Crippen molar-refractivity contribution in [2.24, 2.45) is 17.6 Å². The average molecular weight is 510 g/mol. The Morgan fingerprint density at radius 1 is 1.11 bits per heavy atom. The number of aliphatic hydroxyl groups is 1. The van der Waals surface area contributed by atoms with Crippen LogP contribution in [0.2, 0.25) is 0 Å². The molecule has 2 amide bonds. The number of nitrogens with one attached hydrogen (secondary N) is 1. The molecule has 1 heterocycles. The molecule has 1 aliphatic rings. The van der Waals surface area contributed by atoms with Gasteiger partial charge in [0.05, 0.1) is 6.10 Å². The topological polar surface area (TPSA) is 105 Å². The van der Waals surface area contributed by atoms with Gasteiger partial charge in [-0.1, -0.05) is 63.2 Å². The molecule has 1 fully saturated rings. The maximum atomic E-state index is 12.2. The summed E-state index contributed by atoms with van der Waals surface area (Å²) in [5.41, 5.74) is 7.89. The minimum Gasteiger partial charge on any atom is -0.410 e. The van der Waals surface area contributed by atoms with Gasteiger partial charge in [0.25, 0.3) is 0 Å². The molecule has 7 heteroatoms. The van der Waals surface area contributed by atoms with Gasteiger partial charge < -0.3 is 15.6 Å². The summed E-state index contributed by atoms with van der Waals surface area (Å²) in [6, 6.07) is 17.3. The van der Waals surface area contributed by atoms with Crippen molar-refractivity contribution >= 4 is 12.0 Å². The van der Waals surface area contributed by atoms with E-state index in [9.17, 15) is 14.7 Å². The maximum absolute atomic E-state index is 12.2. The number of amides is 2. The Kier molecular flexibility index (Phi) is 10.3. The van der Waals surface area contributed by atoms with Crippen LogP contribution in [0.15, 0.2) is 54.6 Å². The Labute approximate surface area is 221 Å². The third-order valence-electron chi connectivity index (χ3n) is 7.52. The fourth-order valence-electron chi connectivity index (χ4n) is 5.40. The van der Waals surface area contributed by atoms with Crippen molar-refractivity contribution in [3.05, 3.63) is 65.7 Å². The third-order valence-corrected chi connectivity index (χ3v) is 7.52. The molecule has 2 aromatic rings. The van der Waals surface area contributed by atoms with E-state index in [-0.39, 0.29) is 23.8 Å². The summed E-state index contributed by atoms with van der Waals surface area (Å²) in [4.78, 5) is 26.7.